The Kier molecular flexibility index (Phi) is 1.59. The fraction of sp³-hybridized carbons (Fsp3) is 0.333. The van der Waals surface area contributed by atoms with E-state index >= 15 is 0 Å². The van der Waals surface area contributed by atoms with Gasteiger partial charge in [-0.15, -0.1) is 0 Å². The molecule has 68 valence electrons. The first-order chi connectivity index (χ1) is 6.24. The maximum atomic E-state index is 9.57. The van der Waals surface area contributed by atoms with E-state index in [1.54, 1.807) is 6.92 Å². The molecule has 0 spiro atoms. The van der Waals surface area contributed by atoms with Gasteiger partial charge >= 0.3 is 0 Å². The fourth-order valence-electron chi connectivity index (χ4n) is 1.13. The minimum Gasteiger partial charge on any atom is -0.410 e. The van der Waals surface area contributed by atoms with Crippen molar-refractivity contribution in [3.8, 4) is 0 Å². The lowest BCUT2D eigenvalue weighted by Gasteiger charge is -2.17. The molecule has 0 amide bonds. The fourth-order valence-corrected chi connectivity index (χ4v) is 1.13. The Morgan fingerprint density at radius 3 is 3.08 bits per heavy atom. The lowest BCUT2D eigenvalue weighted by atomic mass is 10.2. The van der Waals surface area contributed by atoms with Crippen LogP contribution in [-0.2, 0) is 0 Å². The van der Waals surface area contributed by atoms with Gasteiger partial charge in [-0.2, -0.15) is 14.8 Å². The molecular formula is C6H7N5O2. The van der Waals surface area contributed by atoms with E-state index in [4.69, 9.17) is 5.21 Å². The second-order valence-corrected chi connectivity index (χ2v) is 2.56. The third kappa shape index (κ3) is 1.01. The zero-order valence-electron chi connectivity index (χ0n) is 6.79. The Labute approximate surface area is 73.0 Å². The number of hydrogen-bond donors (Lipinski definition) is 2. The molecule has 1 aliphatic heterocycles. The molecule has 7 heteroatoms. The van der Waals surface area contributed by atoms with Crippen molar-refractivity contribution in [3.63, 3.8) is 0 Å². The summed E-state index contributed by atoms with van der Waals surface area (Å²) in [6.45, 7) is 1.62. The van der Waals surface area contributed by atoms with E-state index in [0.717, 1.165) is 0 Å². The summed E-state index contributed by atoms with van der Waals surface area (Å²) < 4.78 is 1.17. The number of nitrogens with zero attached hydrogens (tertiary/aromatic N) is 5. The zero-order chi connectivity index (χ0) is 9.42. The number of rotatable bonds is 0. The molecule has 2 rings (SSSR count). The van der Waals surface area contributed by atoms with Crippen LogP contribution in [0, 0.1) is 0 Å². The van der Waals surface area contributed by atoms with E-state index in [0.29, 0.717) is 11.7 Å². The molecule has 0 aliphatic carbocycles. The van der Waals surface area contributed by atoms with Gasteiger partial charge in [0.2, 0.25) is 0 Å². The van der Waals surface area contributed by atoms with Crippen molar-refractivity contribution in [1.82, 2.24) is 14.8 Å². The van der Waals surface area contributed by atoms with Gasteiger partial charge in [-0.1, -0.05) is 5.16 Å². The first-order valence-corrected chi connectivity index (χ1v) is 3.59. The highest BCUT2D eigenvalue weighted by molar-refractivity contribution is 6.43. The van der Waals surface area contributed by atoms with Crippen molar-refractivity contribution >= 4 is 17.4 Å². The first-order valence-electron chi connectivity index (χ1n) is 3.59. The van der Waals surface area contributed by atoms with E-state index in [1.165, 1.54) is 11.0 Å². The quantitative estimate of drug-likeness (QED) is 0.424. The zero-order valence-corrected chi connectivity index (χ0v) is 6.79. The van der Waals surface area contributed by atoms with Crippen molar-refractivity contribution in [2.24, 2.45) is 10.1 Å². The number of aromatic nitrogens is 3. The molecule has 2 N–H and O–H groups in total. The third-order valence-corrected chi connectivity index (χ3v) is 1.78. The van der Waals surface area contributed by atoms with E-state index in [9.17, 15) is 5.11 Å². The summed E-state index contributed by atoms with van der Waals surface area (Å²) in [7, 11) is 0. The molecule has 1 unspecified atom stereocenters. The number of fused-ring (bicyclic) bond motifs is 1. The smallest absolute Gasteiger partial charge is 0.250 e. The van der Waals surface area contributed by atoms with Crippen LogP contribution in [0.4, 0.5) is 5.95 Å². The highest BCUT2D eigenvalue weighted by Crippen LogP contribution is 2.19. The van der Waals surface area contributed by atoms with Gasteiger partial charge in [-0.3, -0.25) is 0 Å². The normalized spacial score (nSPS) is 24.3. The highest BCUT2D eigenvalue weighted by atomic mass is 16.4. The largest absolute Gasteiger partial charge is 0.410 e. The number of hydrogen-bond acceptors (Lipinski definition) is 6. The van der Waals surface area contributed by atoms with Crippen molar-refractivity contribution in [1.29, 1.82) is 0 Å². The van der Waals surface area contributed by atoms with Gasteiger partial charge in [0.15, 0.2) is 11.9 Å². The summed E-state index contributed by atoms with van der Waals surface area (Å²) in [5.74, 6) is 0.303. The van der Waals surface area contributed by atoms with Crippen molar-refractivity contribution in [2.75, 3.05) is 0 Å². The van der Waals surface area contributed by atoms with E-state index in [1.807, 2.05) is 0 Å². The van der Waals surface area contributed by atoms with Crippen molar-refractivity contribution in [3.05, 3.63) is 6.33 Å². The summed E-state index contributed by atoms with van der Waals surface area (Å²) in [6.07, 6.45) is 0.162. The van der Waals surface area contributed by atoms with Crippen LogP contribution >= 0.6 is 0 Å². The monoisotopic (exact) mass is 181 g/mol. The summed E-state index contributed by atoms with van der Waals surface area (Å²) >= 11 is 0. The van der Waals surface area contributed by atoms with Gasteiger partial charge in [0.1, 0.15) is 6.33 Å². The van der Waals surface area contributed by atoms with Gasteiger partial charge in [-0.05, 0) is 6.92 Å². The first kappa shape index (κ1) is 7.87. The highest BCUT2D eigenvalue weighted by Gasteiger charge is 2.26. The third-order valence-electron chi connectivity index (χ3n) is 1.78. The number of aliphatic hydroxyl groups is 1. The molecule has 0 radical (unpaired) electrons. The van der Waals surface area contributed by atoms with Gasteiger partial charge in [0, 0.05) is 0 Å². The molecule has 0 fully saturated rings. The topological polar surface area (TPSA) is 95.9 Å². The standard InChI is InChI=1S/C6H7N5O2/c1-3-4(10-13)5(12)11-6(9-3)7-2-8-11/h2,5,12-13H,1H3/b10-4-. The maximum Gasteiger partial charge on any atom is 0.250 e. The molecule has 1 aromatic rings. The van der Waals surface area contributed by atoms with E-state index in [2.05, 4.69) is 20.2 Å². The van der Waals surface area contributed by atoms with Gasteiger partial charge in [0.05, 0.1) is 5.71 Å². The van der Waals surface area contributed by atoms with Gasteiger partial charge < -0.3 is 10.3 Å². The van der Waals surface area contributed by atoms with Crippen molar-refractivity contribution < 1.29 is 10.3 Å². The van der Waals surface area contributed by atoms with Crippen LogP contribution in [-0.4, -0.2) is 36.5 Å². The molecule has 7 nitrogen and oxygen atoms in total. The summed E-state index contributed by atoms with van der Waals surface area (Å²) in [6, 6.07) is 0. The molecule has 0 bridgehead atoms. The minimum atomic E-state index is -1.11. The Balaban J connectivity index is 2.58. The number of aliphatic hydroxyl groups excluding tert-OH is 1. The summed E-state index contributed by atoms with van der Waals surface area (Å²) in [5, 5.41) is 24.8. The number of oxime groups is 1. The molecule has 0 saturated heterocycles. The second kappa shape index (κ2) is 2.63. The molecule has 1 aromatic heterocycles. The average Bonchev–Trinajstić information content (AvgIpc) is 2.53. The SMILES string of the molecule is CC1=Nc2ncnn2C(O)/C1=N\O. The maximum absolute atomic E-state index is 9.57. The average molecular weight is 181 g/mol. The summed E-state index contributed by atoms with van der Waals surface area (Å²) in [4.78, 5) is 7.76. The Hall–Kier alpha value is -1.76. The molecule has 0 aromatic carbocycles. The lowest BCUT2D eigenvalue weighted by Crippen LogP contribution is -2.29. The van der Waals surface area contributed by atoms with Gasteiger partial charge in [-0.25, -0.2) is 4.99 Å². The minimum absolute atomic E-state index is 0.0815. The molecule has 1 aliphatic rings. The van der Waals surface area contributed by atoms with Gasteiger partial charge in [0.25, 0.3) is 5.95 Å². The summed E-state index contributed by atoms with van der Waals surface area (Å²) in [5.41, 5.74) is 0.508. The predicted molar refractivity (Wildman–Crippen MR) is 43.3 cm³/mol. The van der Waals surface area contributed by atoms with Crippen molar-refractivity contribution in [2.45, 2.75) is 13.2 Å². The van der Waals surface area contributed by atoms with Crippen LogP contribution < -0.4 is 0 Å². The van der Waals surface area contributed by atoms with Crippen LogP contribution in [0.15, 0.2) is 16.5 Å². The molecular weight excluding hydrogens is 174 g/mol. The van der Waals surface area contributed by atoms with Crippen LogP contribution in [0.2, 0.25) is 0 Å². The Morgan fingerprint density at radius 2 is 2.38 bits per heavy atom. The van der Waals surface area contributed by atoms with Crippen LogP contribution in [0.3, 0.4) is 0 Å². The van der Waals surface area contributed by atoms with Crippen LogP contribution in [0.1, 0.15) is 13.2 Å². The molecule has 1 atom stereocenters. The Bertz CT molecular complexity index is 393. The second-order valence-electron chi connectivity index (χ2n) is 2.56. The van der Waals surface area contributed by atoms with E-state index in [-0.39, 0.29) is 5.71 Å². The number of aliphatic imine (C=N–C) groups is 1. The van der Waals surface area contributed by atoms with Crippen LogP contribution in [0.25, 0.3) is 0 Å². The van der Waals surface area contributed by atoms with E-state index < -0.39 is 6.23 Å². The Morgan fingerprint density at radius 1 is 1.62 bits per heavy atom. The lowest BCUT2D eigenvalue weighted by molar-refractivity contribution is 0.156. The predicted octanol–water partition coefficient (Wildman–Crippen LogP) is -0.295. The molecule has 2 heterocycles. The molecule has 13 heavy (non-hydrogen) atoms. The molecule has 0 saturated carbocycles. The van der Waals surface area contributed by atoms with Crippen LogP contribution in [0.5, 0.6) is 0 Å².